The van der Waals surface area contributed by atoms with E-state index in [-0.39, 0.29) is 38.2 Å². The number of fused-ring (bicyclic) bond motifs is 1. The van der Waals surface area contributed by atoms with E-state index in [4.69, 9.17) is 17.2 Å². The summed E-state index contributed by atoms with van der Waals surface area (Å²) in [6.07, 6.45) is 0.923. The number of amides is 3. The van der Waals surface area contributed by atoms with Crippen molar-refractivity contribution in [1.82, 2.24) is 20.9 Å². The lowest BCUT2D eigenvalue weighted by Crippen LogP contribution is -2.58. The molecule has 44 heavy (non-hydrogen) atoms. The molecule has 14 nitrogen and oxygen atoms in total. The molecule has 3 aromatic rings. The van der Waals surface area contributed by atoms with Gasteiger partial charge in [-0.3, -0.25) is 19.4 Å². The maximum Gasteiger partial charge on any atom is 0.326 e. The normalized spacial score (nSPS) is 14.4. The number of hydrogen-bond acceptors (Lipinski definition) is 7. The first-order valence-corrected chi connectivity index (χ1v) is 14.2. The molecule has 1 heterocycles. The molecule has 0 saturated heterocycles. The summed E-state index contributed by atoms with van der Waals surface area (Å²) in [6.45, 7) is 1.51. The van der Waals surface area contributed by atoms with Crippen LogP contribution in [-0.2, 0) is 32.0 Å². The van der Waals surface area contributed by atoms with Crippen molar-refractivity contribution >= 4 is 40.6 Å². The lowest BCUT2D eigenvalue weighted by atomic mass is 10.0. The average Bonchev–Trinajstić information content (AvgIpc) is 3.40. The van der Waals surface area contributed by atoms with Gasteiger partial charge in [0.25, 0.3) is 0 Å². The zero-order chi connectivity index (χ0) is 32.2. The number of carbonyl (C=O) groups is 4. The van der Waals surface area contributed by atoms with Crippen molar-refractivity contribution < 1.29 is 29.4 Å². The molecular weight excluding hydrogens is 568 g/mol. The van der Waals surface area contributed by atoms with Crippen molar-refractivity contribution in [3.63, 3.8) is 0 Å². The van der Waals surface area contributed by atoms with Crippen LogP contribution >= 0.6 is 0 Å². The smallest absolute Gasteiger partial charge is 0.326 e. The first-order valence-electron chi connectivity index (χ1n) is 14.2. The molecule has 0 aliphatic rings. The molecule has 14 heteroatoms. The maximum absolute atomic E-state index is 13.7. The molecule has 0 aliphatic heterocycles. The number of nitrogens with one attached hydrogen (secondary N) is 4. The Bertz CT molecular complexity index is 1450. The van der Waals surface area contributed by atoms with Gasteiger partial charge in [-0.25, -0.2) is 4.79 Å². The lowest BCUT2D eigenvalue weighted by molar-refractivity contribution is -0.142. The van der Waals surface area contributed by atoms with E-state index in [1.165, 1.54) is 6.92 Å². The molecular formula is C30H40N8O6. The number of aromatic amines is 1. The summed E-state index contributed by atoms with van der Waals surface area (Å²) in [4.78, 5) is 59.0. The molecule has 1 aromatic heterocycles. The van der Waals surface area contributed by atoms with E-state index in [0.29, 0.717) is 11.1 Å². The third kappa shape index (κ3) is 9.81. The topological polar surface area (TPSA) is 251 Å². The highest BCUT2D eigenvalue weighted by atomic mass is 16.4. The molecule has 0 saturated carbocycles. The van der Waals surface area contributed by atoms with Crippen LogP contribution in [0.3, 0.4) is 0 Å². The second-order valence-corrected chi connectivity index (χ2v) is 10.5. The zero-order valence-corrected chi connectivity index (χ0v) is 24.4. The highest BCUT2D eigenvalue weighted by Gasteiger charge is 2.31. The number of rotatable bonds is 16. The second kappa shape index (κ2) is 16.0. The van der Waals surface area contributed by atoms with Gasteiger partial charge in [0.15, 0.2) is 5.96 Å². The molecule has 5 atom stereocenters. The molecule has 0 aliphatic carbocycles. The molecule has 5 unspecified atom stereocenters. The Balaban J connectivity index is 1.85. The van der Waals surface area contributed by atoms with Crippen LogP contribution in [0.1, 0.15) is 30.9 Å². The molecule has 0 bridgehead atoms. The minimum absolute atomic E-state index is 0.0209. The van der Waals surface area contributed by atoms with Gasteiger partial charge in [0.2, 0.25) is 17.7 Å². The number of carbonyl (C=O) groups excluding carboxylic acids is 3. The second-order valence-electron chi connectivity index (χ2n) is 10.5. The van der Waals surface area contributed by atoms with E-state index in [0.717, 1.165) is 10.9 Å². The molecule has 3 rings (SSSR count). The van der Waals surface area contributed by atoms with Gasteiger partial charge in [0, 0.05) is 36.5 Å². The lowest BCUT2D eigenvalue weighted by Gasteiger charge is -2.25. The van der Waals surface area contributed by atoms with Gasteiger partial charge in [0.1, 0.15) is 24.2 Å². The molecule has 2 aromatic carbocycles. The van der Waals surface area contributed by atoms with Crippen molar-refractivity contribution in [1.29, 1.82) is 0 Å². The highest BCUT2D eigenvalue weighted by Crippen LogP contribution is 2.19. The van der Waals surface area contributed by atoms with Crippen LogP contribution in [-0.4, -0.2) is 81.7 Å². The van der Waals surface area contributed by atoms with Crippen molar-refractivity contribution in [2.24, 2.45) is 22.2 Å². The summed E-state index contributed by atoms with van der Waals surface area (Å²) in [5, 5.41) is 28.2. The Kier molecular flexibility index (Phi) is 12.2. The summed E-state index contributed by atoms with van der Waals surface area (Å²) in [5.41, 5.74) is 18.9. The fraction of sp³-hybridized carbons (Fsp3) is 0.367. The SMILES string of the molecule is CC(O)C(N)C(=O)NC(Cc1c[nH]c2ccccc12)C(=O)NC(CCCN=C(N)N)C(=O)NC(Cc1ccccc1)C(=O)O. The number of carboxylic acids is 1. The van der Waals surface area contributed by atoms with Gasteiger partial charge < -0.3 is 48.3 Å². The van der Waals surface area contributed by atoms with Gasteiger partial charge in [-0.15, -0.1) is 0 Å². The predicted molar refractivity (Wildman–Crippen MR) is 165 cm³/mol. The number of para-hydroxylation sites is 1. The number of aliphatic hydroxyl groups excluding tert-OH is 1. The summed E-state index contributed by atoms with van der Waals surface area (Å²) in [5.74, 6) is -3.59. The van der Waals surface area contributed by atoms with Gasteiger partial charge >= 0.3 is 5.97 Å². The highest BCUT2D eigenvalue weighted by molar-refractivity contribution is 5.95. The van der Waals surface area contributed by atoms with Crippen LogP contribution in [0.4, 0.5) is 0 Å². The standard InChI is InChI=1S/C30H40N8O6/c1-17(39)25(31)28(42)37-23(15-19-16-35-21-11-6-5-10-20(19)21)27(41)36-22(12-7-13-34-30(32)33)26(40)38-24(29(43)44)14-18-8-3-2-4-9-18/h2-6,8-11,16-17,22-25,35,39H,7,12-15,31H2,1H3,(H,36,41)(H,37,42)(H,38,40)(H,43,44)(H4,32,33,34). The Hall–Kier alpha value is -4.95. The number of guanidine groups is 1. The molecule has 12 N–H and O–H groups in total. The van der Waals surface area contributed by atoms with E-state index < -0.39 is 54.0 Å². The Labute approximate surface area is 254 Å². The largest absolute Gasteiger partial charge is 0.480 e. The molecule has 236 valence electrons. The van der Waals surface area contributed by atoms with Crippen LogP contribution in [0, 0.1) is 0 Å². The number of nitrogens with zero attached hydrogens (tertiary/aromatic N) is 1. The van der Waals surface area contributed by atoms with Crippen molar-refractivity contribution in [2.75, 3.05) is 6.54 Å². The van der Waals surface area contributed by atoms with Crippen molar-refractivity contribution in [3.8, 4) is 0 Å². The molecule has 0 radical (unpaired) electrons. The van der Waals surface area contributed by atoms with E-state index >= 15 is 0 Å². The number of hydrogen-bond donors (Lipinski definition) is 9. The van der Waals surface area contributed by atoms with Gasteiger partial charge in [0.05, 0.1) is 6.10 Å². The van der Waals surface area contributed by atoms with E-state index in [2.05, 4.69) is 25.9 Å². The quantitative estimate of drug-likeness (QED) is 0.0563. The molecule has 0 spiro atoms. The number of aliphatic hydroxyl groups is 1. The van der Waals surface area contributed by atoms with Gasteiger partial charge in [-0.2, -0.15) is 0 Å². The van der Waals surface area contributed by atoms with Crippen molar-refractivity contribution in [2.45, 2.75) is 62.9 Å². The number of aromatic nitrogens is 1. The number of aliphatic imine (C=N–C) groups is 1. The fourth-order valence-corrected chi connectivity index (χ4v) is 4.58. The van der Waals surface area contributed by atoms with E-state index in [1.807, 2.05) is 24.3 Å². The zero-order valence-electron chi connectivity index (χ0n) is 24.4. The molecule has 0 fully saturated rings. The number of aliphatic carboxylic acids is 1. The number of H-pyrrole nitrogens is 1. The first-order chi connectivity index (χ1) is 21.0. The van der Waals surface area contributed by atoms with Gasteiger partial charge in [-0.1, -0.05) is 48.5 Å². The Morgan fingerprint density at radius 2 is 1.48 bits per heavy atom. The monoisotopic (exact) mass is 608 g/mol. The summed E-state index contributed by atoms with van der Waals surface area (Å²) in [6, 6.07) is 11.2. The van der Waals surface area contributed by atoms with E-state index in [9.17, 15) is 29.4 Å². The maximum atomic E-state index is 13.7. The van der Waals surface area contributed by atoms with E-state index in [1.54, 1.807) is 36.5 Å². The minimum atomic E-state index is -1.30. The Morgan fingerprint density at radius 1 is 0.864 bits per heavy atom. The minimum Gasteiger partial charge on any atom is -0.480 e. The fourth-order valence-electron chi connectivity index (χ4n) is 4.58. The van der Waals surface area contributed by atoms with Crippen molar-refractivity contribution in [3.05, 3.63) is 71.9 Å². The predicted octanol–water partition coefficient (Wildman–Crippen LogP) is -0.746. The average molecular weight is 609 g/mol. The van der Waals surface area contributed by atoms with Crippen LogP contribution in [0.15, 0.2) is 65.8 Å². The van der Waals surface area contributed by atoms with Crippen LogP contribution < -0.4 is 33.2 Å². The van der Waals surface area contributed by atoms with Crippen LogP contribution in [0.25, 0.3) is 10.9 Å². The number of benzene rings is 2. The van der Waals surface area contributed by atoms with Crippen LogP contribution in [0.5, 0.6) is 0 Å². The molecule has 3 amide bonds. The Morgan fingerprint density at radius 3 is 2.14 bits per heavy atom. The third-order valence-corrected chi connectivity index (χ3v) is 7.03. The number of nitrogens with two attached hydrogens (primary N) is 3. The van der Waals surface area contributed by atoms with Crippen LogP contribution in [0.2, 0.25) is 0 Å². The summed E-state index contributed by atoms with van der Waals surface area (Å²) >= 11 is 0. The first kappa shape index (κ1) is 33.6. The number of carboxylic acid groups (broad SMARTS) is 1. The van der Waals surface area contributed by atoms with Gasteiger partial charge in [-0.05, 0) is 37.0 Å². The third-order valence-electron chi connectivity index (χ3n) is 7.03. The summed E-state index contributed by atoms with van der Waals surface area (Å²) in [7, 11) is 0. The summed E-state index contributed by atoms with van der Waals surface area (Å²) < 4.78 is 0.